The van der Waals surface area contributed by atoms with Gasteiger partial charge >= 0.3 is 0 Å². The van der Waals surface area contributed by atoms with Gasteiger partial charge in [-0.05, 0) is 24.2 Å². The molecule has 96 valence electrons. The van der Waals surface area contributed by atoms with Gasteiger partial charge in [0.1, 0.15) is 12.2 Å². The van der Waals surface area contributed by atoms with Gasteiger partial charge in [0.05, 0.1) is 6.54 Å². The fraction of sp³-hybridized carbons (Fsp3) is 0.846. The van der Waals surface area contributed by atoms with Gasteiger partial charge in [0, 0.05) is 13.1 Å². The Labute approximate surface area is 104 Å². The van der Waals surface area contributed by atoms with Crippen molar-refractivity contribution in [1.29, 1.82) is 0 Å². The van der Waals surface area contributed by atoms with Crippen molar-refractivity contribution in [2.45, 2.75) is 53.1 Å². The molecule has 1 aromatic rings. The fourth-order valence-electron chi connectivity index (χ4n) is 2.36. The monoisotopic (exact) mass is 236 g/mol. The molecule has 2 rings (SSSR count). The number of hydrogen-bond acceptors (Lipinski definition) is 3. The van der Waals surface area contributed by atoms with E-state index in [1.807, 2.05) is 4.68 Å². The second-order valence-corrected chi connectivity index (χ2v) is 6.02. The third kappa shape index (κ3) is 3.28. The Hall–Kier alpha value is -0.900. The minimum atomic E-state index is 0.531. The van der Waals surface area contributed by atoms with Crippen LogP contribution in [0.5, 0.6) is 0 Å². The smallest absolute Gasteiger partial charge is 0.140 e. The minimum Gasteiger partial charge on any atom is -0.309 e. The number of aromatic nitrogens is 3. The average Bonchev–Trinajstić information content (AvgIpc) is 2.62. The molecule has 0 unspecified atom stereocenters. The van der Waals surface area contributed by atoms with Crippen molar-refractivity contribution < 1.29 is 0 Å². The molecule has 1 fully saturated rings. The van der Waals surface area contributed by atoms with E-state index in [1.54, 1.807) is 6.33 Å². The van der Waals surface area contributed by atoms with Crippen LogP contribution in [0, 0.1) is 11.3 Å². The zero-order chi connectivity index (χ0) is 12.3. The van der Waals surface area contributed by atoms with E-state index in [9.17, 15) is 0 Å². The van der Waals surface area contributed by atoms with Crippen LogP contribution in [0.15, 0.2) is 6.33 Å². The molecule has 0 aromatic carbocycles. The van der Waals surface area contributed by atoms with Crippen LogP contribution in [-0.2, 0) is 13.1 Å². The summed E-state index contributed by atoms with van der Waals surface area (Å²) < 4.78 is 2.01. The fourth-order valence-corrected chi connectivity index (χ4v) is 2.36. The standard InChI is InChI=1S/C13H24N4/c1-11(2)8-17-12(15-10-16-17)7-14-9-13(3)5-4-6-13/h10-11,14H,4-9H2,1-3H3. The third-order valence-corrected chi connectivity index (χ3v) is 3.63. The molecule has 0 radical (unpaired) electrons. The van der Waals surface area contributed by atoms with Gasteiger partial charge in [-0.15, -0.1) is 0 Å². The summed E-state index contributed by atoms with van der Waals surface area (Å²) in [4.78, 5) is 4.32. The van der Waals surface area contributed by atoms with E-state index in [0.29, 0.717) is 11.3 Å². The maximum Gasteiger partial charge on any atom is 0.140 e. The quantitative estimate of drug-likeness (QED) is 0.823. The Morgan fingerprint density at radius 3 is 2.82 bits per heavy atom. The van der Waals surface area contributed by atoms with Crippen molar-refractivity contribution in [1.82, 2.24) is 20.1 Å². The molecule has 1 N–H and O–H groups in total. The van der Waals surface area contributed by atoms with E-state index in [4.69, 9.17) is 0 Å². The lowest BCUT2D eigenvalue weighted by molar-refractivity contribution is 0.155. The molecule has 0 saturated heterocycles. The van der Waals surface area contributed by atoms with Gasteiger partial charge in [0.25, 0.3) is 0 Å². The van der Waals surface area contributed by atoms with Crippen LogP contribution in [0.2, 0.25) is 0 Å². The van der Waals surface area contributed by atoms with Crippen LogP contribution in [0.25, 0.3) is 0 Å². The topological polar surface area (TPSA) is 42.7 Å². The first-order chi connectivity index (χ1) is 8.09. The lowest BCUT2D eigenvalue weighted by Crippen LogP contribution is -2.37. The van der Waals surface area contributed by atoms with E-state index in [-0.39, 0.29) is 0 Å². The summed E-state index contributed by atoms with van der Waals surface area (Å²) in [7, 11) is 0. The number of nitrogens with one attached hydrogen (secondary N) is 1. The Morgan fingerprint density at radius 2 is 2.24 bits per heavy atom. The van der Waals surface area contributed by atoms with E-state index < -0.39 is 0 Å². The van der Waals surface area contributed by atoms with Gasteiger partial charge in [0.2, 0.25) is 0 Å². The Bertz CT molecular complexity index is 352. The molecule has 4 nitrogen and oxygen atoms in total. The molecular weight excluding hydrogens is 212 g/mol. The van der Waals surface area contributed by atoms with Crippen molar-refractivity contribution in [3.63, 3.8) is 0 Å². The Balaban J connectivity index is 1.80. The van der Waals surface area contributed by atoms with Gasteiger partial charge < -0.3 is 5.32 Å². The summed E-state index contributed by atoms with van der Waals surface area (Å²) >= 11 is 0. The molecule has 1 aliphatic carbocycles. The zero-order valence-corrected chi connectivity index (χ0v) is 11.2. The molecule has 0 bridgehead atoms. The molecule has 17 heavy (non-hydrogen) atoms. The van der Waals surface area contributed by atoms with Crippen molar-refractivity contribution in [2.24, 2.45) is 11.3 Å². The van der Waals surface area contributed by atoms with Gasteiger partial charge in [-0.1, -0.05) is 27.2 Å². The highest BCUT2D eigenvalue weighted by molar-refractivity contribution is 4.88. The summed E-state index contributed by atoms with van der Waals surface area (Å²) in [6, 6.07) is 0. The first-order valence-electron chi connectivity index (χ1n) is 6.66. The molecule has 4 heteroatoms. The summed E-state index contributed by atoms with van der Waals surface area (Å²) in [6.07, 6.45) is 5.77. The minimum absolute atomic E-state index is 0.531. The molecule has 1 saturated carbocycles. The van der Waals surface area contributed by atoms with Gasteiger partial charge in [-0.25, -0.2) is 9.67 Å². The van der Waals surface area contributed by atoms with Crippen molar-refractivity contribution in [3.05, 3.63) is 12.2 Å². The first kappa shape index (κ1) is 12.6. The lowest BCUT2D eigenvalue weighted by Gasteiger charge is -2.38. The summed E-state index contributed by atoms with van der Waals surface area (Å²) in [5.41, 5.74) is 0.531. The maximum atomic E-state index is 4.32. The average molecular weight is 236 g/mol. The normalized spacial score (nSPS) is 18.4. The van der Waals surface area contributed by atoms with Crippen molar-refractivity contribution in [2.75, 3.05) is 6.54 Å². The zero-order valence-electron chi connectivity index (χ0n) is 11.2. The molecule has 0 aliphatic heterocycles. The molecule has 1 heterocycles. The summed E-state index contributed by atoms with van der Waals surface area (Å²) in [5, 5.41) is 7.79. The first-order valence-corrected chi connectivity index (χ1v) is 6.66. The Kier molecular flexibility index (Phi) is 3.82. The van der Waals surface area contributed by atoms with E-state index >= 15 is 0 Å². The van der Waals surface area contributed by atoms with Gasteiger partial charge in [-0.2, -0.15) is 5.10 Å². The SMILES string of the molecule is CC(C)Cn1ncnc1CNCC1(C)CCC1. The molecule has 0 atom stereocenters. The predicted octanol–water partition coefficient (Wildman–Crippen LogP) is 2.21. The molecule has 0 amide bonds. The lowest BCUT2D eigenvalue weighted by atomic mass is 9.70. The van der Waals surface area contributed by atoms with Gasteiger partial charge in [0.15, 0.2) is 0 Å². The second-order valence-electron chi connectivity index (χ2n) is 6.02. The molecule has 1 aliphatic rings. The van der Waals surface area contributed by atoms with E-state index in [2.05, 4.69) is 36.2 Å². The molecule has 1 aromatic heterocycles. The highest BCUT2D eigenvalue weighted by atomic mass is 15.3. The van der Waals surface area contributed by atoms with Crippen LogP contribution in [-0.4, -0.2) is 21.3 Å². The highest BCUT2D eigenvalue weighted by Gasteiger charge is 2.30. The number of rotatable bonds is 6. The van der Waals surface area contributed by atoms with Crippen molar-refractivity contribution >= 4 is 0 Å². The van der Waals surface area contributed by atoms with Crippen LogP contribution in [0.1, 0.15) is 45.9 Å². The summed E-state index contributed by atoms with van der Waals surface area (Å²) in [5.74, 6) is 1.67. The second kappa shape index (κ2) is 5.17. The van der Waals surface area contributed by atoms with Crippen LogP contribution in [0.4, 0.5) is 0 Å². The molecule has 0 spiro atoms. The van der Waals surface area contributed by atoms with Crippen LogP contribution in [0.3, 0.4) is 0 Å². The number of hydrogen-bond donors (Lipinski definition) is 1. The maximum absolute atomic E-state index is 4.32. The van der Waals surface area contributed by atoms with Gasteiger partial charge in [-0.3, -0.25) is 0 Å². The number of nitrogens with zero attached hydrogens (tertiary/aromatic N) is 3. The third-order valence-electron chi connectivity index (χ3n) is 3.63. The Morgan fingerprint density at radius 1 is 1.47 bits per heavy atom. The highest BCUT2D eigenvalue weighted by Crippen LogP contribution is 2.39. The van der Waals surface area contributed by atoms with E-state index in [1.165, 1.54) is 19.3 Å². The van der Waals surface area contributed by atoms with E-state index in [0.717, 1.165) is 25.5 Å². The van der Waals surface area contributed by atoms with Crippen LogP contribution < -0.4 is 5.32 Å². The summed E-state index contributed by atoms with van der Waals surface area (Å²) in [6.45, 7) is 9.66. The largest absolute Gasteiger partial charge is 0.309 e. The molecular formula is C13H24N4. The van der Waals surface area contributed by atoms with Crippen LogP contribution >= 0.6 is 0 Å². The van der Waals surface area contributed by atoms with Crippen molar-refractivity contribution in [3.8, 4) is 0 Å². The predicted molar refractivity (Wildman–Crippen MR) is 68.5 cm³/mol.